The molecule has 0 aromatic carbocycles. The van der Waals surface area contributed by atoms with E-state index in [1.165, 1.54) is 6.33 Å². The molecule has 0 aliphatic heterocycles. The van der Waals surface area contributed by atoms with E-state index < -0.39 is 5.97 Å². The SMILES string of the molecule is CCCn1ncnc1CC(CC(C)C)C(=O)O. The Hall–Kier alpha value is -1.39. The minimum atomic E-state index is -0.746. The van der Waals surface area contributed by atoms with E-state index in [1.807, 2.05) is 13.8 Å². The van der Waals surface area contributed by atoms with Crippen LogP contribution >= 0.6 is 0 Å². The van der Waals surface area contributed by atoms with Gasteiger partial charge in [-0.05, 0) is 18.8 Å². The summed E-state index contributed by atoms with van der Waals surface area (Å²) >= 11 is 0. The van der Waals surface area contributed by atoms with Crippen molar-refractivity contribution in [2.45, 2.75) is 46.6 Å². The molecule has 0 bridgehead atoms. The molecular weight excluding hydrogens is 218 g/mol. The highest BCUT2D eigenvalue weighted by molar-refractivity contribution is 5.70. The quantitative estimate of drug-likeness (QED) is 0.790. The maximum Gasteiger partial charge on any atom is 0.306 e. The van der Waals surface area contributed by atoms with Crippen molar-refractivity contribution in [1.29, 1.82) is 0 Å². The third-order valence-corrected chi connectivity index (χ3v) is 2.67. The lowest BCUT2D eigenvalue weighted by atomic mass is 9.94. The Labute approximate surface area is 102 Å². The van der Waals surface area contributed by atoms with Crippen LogP contribution < -0.4 is 0 Å². The Morgan fingerprint density at radius 2 is 2.24 bits per heavy atom. The predicted octanol–water partition coefficient (Wildman–Crippen LogP) is 1.98. The maximum atomic E-state index is 11.2. The summed E-state index contributed by atoms with van der Waals surface area (Å²) in [4.78, 5) is 15.3. The van der Waals surface area contributed by atoms with Crippen molar-refractivity contribution >= 4 is 5.97 Å². The molecule has 17 heavy (non-hydrogen) atoms. The molecule has 0 fully saturated rings. The molecule has 5 nitrogen and oxygen atoms in total. The number of carboxylic acids is 1. The smallest absolute Gasteiger partial charge is 0.306 e. The lowest BCUT2D eigenvalue weighted by molar-refractivity contribution is -0.142. The molecule has 1 N–H and O–H groups in total. The van der Waals surface area contributed by atoms with Crippen LogP contribution in [0.2, 0.25) is 0 Å². The van der Waals surface area contributed by atoms with Gasteiger partial charge in [0.15, 0.2) is 0 Å². The number of hydrogen-bond acceptors (Lipinski definition) is 3. The van der Waals surface area contributed by atoms with Crippen LogP contribution in [-0.2, 0) is 17.8 Å². The van der Waals surface area contributed by atoms with Crippen LogP contribution in [0.25, 0.3) is 0 Å². The molecule has 1 aromatic heterocycles. The van der Waals surface area contributed by atoms with Crippen LogP contribution in [0.3, 0.4) is 0 Å². The molecule has 0 radical (unpaired) electrons. The van der Waals surface area contributed by atoms with Crippen LogP contribution in [0.5, 0.6) is 0 Å². The van der Waals surface area contributed by atoms with Crippen molar-refractivity contribution in [3.05, 3.63) is 12.2 Å². The van der Waals surface area contributed by atoms with Crippen molar-refractivity contribution in [2.75, 3.05) is 0 Å². The summed E-state index contributed by atoms with van der Waals surface area (Å²) in [5, 5.41) is 13.3. The molecule has 1 rings (SSSR count). The molecule has 0 aliphatic rings. The Balaban J connectivity index is 2.71. The summed E-state index contributed by atoms with van der Waals surface area (Å²) in [7, 11) is 0. The molecule has 1 atom stereocenters. The fraction of sp³-hybridized carbons (Fsp3) is 0.750. The summed E-state index contributed by atoms with van der Waals surface area (Å²) in [6.07, 6.45) is 3.61. The second kappa shape index (κ2) is 6.37. The average Bonchev–Trinajstić information content (AvgIpc) is 2.64. The van der Waals surface area contributed by atoms with Crippen LogP contribution in [0.4, 0.5) is 0 Å². The first-order chi connectivity index (χ1) is 8.04. The first-order valence-electron chi connectivity index (χ1n) is 6.14. The van der Waals surface area contributed by atoms with E-state index in [4.69, 9.17) is 0 Å². The van der Waals surface area contributed by atoms with Crippen molar-refractivity contribution in [3.63, 3.8) is 0 Å². The first kappa shape index (κ1) is 13.7. The van der Waals surface area contributed by atoms with Crippen LogP contribution in [0, 0.1) is 11.8 Å². The van der Waals surface area contributed by atoms with Crippen LogP contribution in [0.1, 0.15) is 39.4 Å². The lowest BCUT2D eigenvalue weighted by Gasteiger charge is -2.14. The highest BCUT2D eigenvalue weighted by atomic mass is 16.4. The van der Waals surface area contributed by atoms with Gasteiger partial charge in [-0.1, -0.05) is 20.8 Å². The number of aryl methyl sites for hydroxylation is 1. The molecule has 96 valence electrons. The molecule has 0 aliphatic carbocycles. The second-order valence-electron chi connectivity index (χ2n) is 4.77. The van der Waals surface area contributed by atoms with Gasteiger partial charge >= 0.3 is 5.97 Å². The van der Waals surface area contributed by atoms with Gasteiger partial charge in [0.25, 0.3) is 0 Å². The summed E-state index contributed by atoms with van der Waals surface area (Å²) < 4.78 is 1.80. The van der Waals surface area contributed by atoms with Crippen molar-refractivity contribution in [2.24, 2.45) is 11.8 Å². The molecule has 5 heteroatoms. The second-order valence-corrected chi connectivity index (χ2v) is 4.77. The molecule has 0 amide bonds. The zero-order chi connectivity index (χ0) is 12.8. The van der Waals surface area contributed by atoms with Crippen LogP contribution in [0.15, 0.2) is 6.33 Å². The van der Waals surface area contributed by atoms with E-state index in [9.17, 15) is 9.90 Å². The zero-order valence-electron chi connectivity index (χ0n) is 10.8. The number of rotatable bonds is 7. The number of nitrogens with zero attached hydrogens (tertiary/aromatic N) is 3. The fourth-order valence-electron chi connectivity index (χ4n) is 1.91. The van der Waals surface area contributed by atoms with Gasteiger partial charge in [-0.25, -0.2) is 4.98 Å². The van der Waals surface area contributed by atoms with E-state index >= 15 is 0 Å². The van der Waals surface area contributed by atoms with Gasteiger partial charge in [-0.2, -0.15) is 5.10 Å². The van der Waals surface area contributed by atoms with E-state index in [2.05, 4.69) is 17.0 Å². The average molecular weight is 239 g/mol. The number of aromatic nitrogens is 3. The molecule has 0 saturated carbocycles. The molecule has 0 saturated heterocycles. The third kappa shape index (κ3) is 4.17. The van der Waals surface area contributed by atoms with Crippen molar-refractivity contribution in [1.82, 2.24) is 14.8 Å². The van der Waals surface area contributed by atoms with E-state index in [0.29, 0.717) is 18.8 Å². The van der Waals surface area contributed by atoms with Crippen molar-refractivity contribution in [3.8, 4) is 0 Å². The van der Waals surface area contributed by atoms with Gasteiger partial charge < -0.3 is 5.11 Å². The number of aliphatic carboxylic acids is 1. The zero-order valence-corrected chi connectivity index (χ0v) is 10.8. The molecule has 1 heterocycles. The van der Waals surface area contributed by atoms with Gasteiger partial charge in [0, 0.05) is 13.0 Å². The van der Waals surface area contributed by atoms with E-state index in [0.717, 1.165) is 18.8 Å². The van der Waals surface area contributed by atoms with Gasteiger partial charge in [0.2, 0.25) is 0 Å². The van der Waals surface area contributed by atoms with E-state index in [1.54, 1.807) is 4.68 Å². The van der Waals surface area contributed by atoms with E-state index in [-0.39, 0.29) is 5.92 Å². The number of carbonyl (C=O) groups is 1. The van der Waals surface area contributed by atoms with Gasteiger partial charge in [-0.15, -0.1) is 0 Å². The largest absolute Gasteiger partial charge is 0.481 e. The predicted molar refractivity (Wildman–Crippen MR) is 64.6 cm³/mol. The lowest BCUT2D eigenvalue weighted by Crippen LogP contribution is -2.21. The summed E-state index contributed by atoms with van der Waals surface area (Å²) in [6.45, 7) is 6.93. The Morgan fingerprint density at radius 3 is 2.76 bits per heavy atom. The first-order valence-corrected chi connectivity index (χ1v) is 6.14. The molecule has 0 spiro atoms. The summed E-state index contributed by atoms with van der Waals surface area (Å²) in [5.41, 5.74) is 0. The summed E-state index contributed by atoms with van der Waals surface area (Å²) in [6, 6.07) is 0. The Kier molecular flexibility index (Phi) is 5.12. The van der Waals surface area contributed by atoms with Crippen molar-refractivity contribution < 1.29 is 9.90 Å². The highest BCUT2D eigenvalue weighted by Gasteiger charge is 2.21. The highest BCUT2D eigenvalue weighted by Crippen LogP contribution is 2.16. The molecular formula is C12H21N3O2. The standard InChI is InChI=1S/C12H21N3O2/c1-4-5-15-11(13-8-14-15)7-10(12(16)17)6-9(2)3/h8-10H,4-7H2,1-3H3,(H,16,17). The monoisotopic (exact) mass is 239 g/mol. The van der Waals surface area contributed by atoms with Gasteiger partial charge in [0.05, 0.1) is 5.92 Å². The Morgan fingerprint density at radius 1 is 1.53 bits per heavy atom. The third-order valence-electron chi connectivity index (χ3n) is 2.67. The number of carboxylic acid groups (broad SMARTS) is 1. The summed E-state index contributed by atoms with van der Waals surface area (Å²) in [5.74, 6) is 0.0399. The Bertz CT molecular complexity index is 360. The normalized spacial score (nSPS) is 12.9. The number of hydrogen-bond donors (Lipinski definition) is 1. The maximum absolute atomic E-state index is 11.2. The minimum absolute atomic E-state index is 0.366. The van der Waals surface area contributed by atoms with Crippen LogP contribution in [-0.4, -0.2) is 25.8 Å². The molecule has 1 aromatic rings. The topological polar surface area (TPSA) is 68.0 Å². The fourth-order valence-corrected chi connectivity index (χ4v) is 1.91. The minimum Gasteiger partial charge on any atom is -0.481 e. The van der Waals surface area contributed by atoms with Gasteiger partial charge in [-0.3, -0.25) is 9.48 Å². The molecule has 1 unspecified atom stereocenters. The van der Waals surface area contributed by atoms with Gasteiger partial charge in [0.1, 0.15) is 12.2 Å².